The molecule has 0 aromatic rings. The summed E-state index contributed by atoms with van der Waals surface area (Å²) < 4.78 is 0. The molecule has 0 aromatic heterocycles. The van der Waals surface area contributed by atoms with Gasteiger partial charge in [0.2, 0.25) is 0 Å². The molecule has 0 saturated heterocycles. The second-order valence-corrected chi connectivity index (χ2v) is 2.60. The van der Waals surface area contributed by atoms with Crippen LogP contribution in [0.2, 0.25) is 0 Å². The molecule has 7 heavy (non-hydrogen) atoms. The number of hydrogen-bond acceptors (Lipinski definition) is 0. The Hall–Kier alpha value is -0.260. The van der Waals surface area contributed by atoms with E-state index in [-0.39, 0.29) is 0 Å². The van der Waals surface area contributed by atoms with Crippen molar-refractivity contribution in [3.05, 3.63) is 11.6 Å². The van der Waals surface area contributed by atoms with Gasteiger partial charge in [-0.25, -0.2) is 0 Å². The van der Waals surface area contributed by atoms with Crippen LogP contribution >= 0.6 is 0 Å². The van der Waals surface area contributed by atoms with Crippen LogP contribution in [0.4, 0.5) is 0 Å². The molecule has 0 heteroatoms. The molecule has 0 nitrogen and oxygen atoms in total. The molecule has 0 unspecified atom stereocenters. The molecule has 0 aromatic carbocycles. The molecular weight excluding hydrogens is 84.1 g/mol. The Morgan fingerprint density at radius 3 is 2.57 bits per heavy atom. The third-order valence-corrected chi connectivity index (χ3v) is 1.54. The van der Waals surface area contributed by atoms with Crippen LogP contribution in [0, 0.1) is 5.92 Å². The summed E-state index contributed by atoms with van der Waals surface area (Å²) in [7, 11) is 0. The highest BCUT2D eigenvalue weighted by Crippen LogP contribution is 2.22. The van der Waals surface area contributed by atoms with Crippen LogP contribution in [0.5, 0.6) is 0 Å². The van der Waals surface area contributed by atoms with Crippen molar-refractivity contribution < 1.29 is 0 Å². The quantitative estimate of drug-likeness (QED) is 0.406. The van der Waals surface area contributed by atoms with Gasteiger partial charge in [-0.1, -0.05) is 18.6 Å². The van der Waals surface area contributed by atoms with Gasteiger partial charge in [-0.3, -0.25) is 0 Å². The summed E-state index contributed by atoms with van der Waals surface area (Å²) in [6.45, 7) is 4.51. The van der Waals surface area contributed by atoms with Crippen LogP contribution in [-0.2, 0) is 0 Å². The zero-order chi connectivity index (χ0) is 5.28. The lowest BCUT2D eigenvalue weighted by Crippen LogP contribution is -1.82. The smallest absolute Gasteiger partial charge is 0.0294 e. The van der Waals surface area contributed by atoms with Gasteiger partial charge in [0.15, 0.2) is 0 Å². The molecule has 0 amide bonds. The Bertz CT molecular complexity index is 90.2. The maximum atomic E-state index is 2.34. The van der Waals surface area contributed by atoms with Crippen molar-refractivity contribution in [2.45, 2.75) is 26.7 Å². The van der Waals surface area contributed by atoms with Crippen LogP contribution in [0.3, 0.4) is 0 Å². The molecule has 0 fully saturated rings. The number of hydrogen-bond donors (Lipinski definition) is 0. The SMILES string of the molecule is CC1=CC[C@@H](C)C1. The van der Waals surface area contributed by atoms with Crippen molar-refractivity contribution in [2.24, 2.45) is 5.92 Å². The first-order valence-electron chi connectivity index (χ1n) is 2.94. The minimum atomic E-state index is 0.931. The predicted octanol–water partition coefficient (Wildman–Crippen LogP) is 2.36. The number of allylic oxidation sites excluding steroid dienone is 2. The zero-order valence-corrected chi connectivity index (χ0v) is 5.07. The lowest BCUT2D eigenvalue weighted by Gasteiger charge is -1.95. The molecule has 1 aliphatic rings. The maximum absolute atomic E-state index is 2.34. The van der Waals surface area contributed by atoms with Gasteiger partial charge in [-0.2, -0.15) is 0 Å². The van der Waals surface area contributed by atoms with E-state index in [0.717, 1.165) is 5.92 Å². The van der Waals surface area contributed by atoms with Crippen LogP contribution in [0.25, 0.3) is 0 Å². The molecule has 0 spiro atoms. The number of rotatable bonds is 0. The van der Waals surface area contributed by atoms with Crippen LogP contribution in [0.15, 0.2) is 11.6 Å². The highest BCUT2D eigenvalue weighted by atomic mass is 14.1. The molecule has 1 atom stereocenters. The average molecular weight is 96.2 g/mol. The van der Waals surface area contributed by atoms with Gasteiger partial charge in [0.05, 0.1) is 0 Å². The molecule has 0 radical (unpaired) electrons. The zero-order valence-electron chi connectivity index (χ0n) is 5.07. The van der Waals surface area contributed by atoms with E-state index in [4.69, 9.17) is 0 Å². The fraction of sp³-hybridized carbons (Fsp3) is 0.714. The Kier molecular flexibility index (Phi) is 1.18. The lowest BCUT2D eigenvalue weighted by atomic mass is 10.1. The van der Waals surface area contributed by atoms with Crippen molar-refractivity contribution in [2.75, 3.05) is 0 Å². The van der Waals surface area contributed by atoms with Crippen LogP contribution in [-0.4, -0.2) is 0 Å². The average Bonchev–Trinajstić information content (AvgIpc) is 1.87. The van der Waals surface area contributed by atoms with Crippen molar-refractivity contribution in [3.63, 3.8) is 0 Å². The summed E-state index contributed by atoms with van der Waals surface area (Å²) in [5, 5.41) is 0. The first-order chi connectivity index (χ1) is 3.29. The summed E-state index contributed by atoms with van der Waals surface area (Å²) in [6, 6.07) is 0. The Balaban J connectivity index is 2.42. The predicted molar refractivity (Wildman–Crippen MR) is 32.2 cm³/mol. The molecule has 0 bridgehead atoms. The van der Waals surface area contributed by atoms with E-state index >= 15 is 0 Å². The Morgan fingerprint density at radius 2 is 2.43 bits per heavy atom. The molecule has 0 aliphatic heterocycles. The van der Waals surface area contributed by atoms with Crippen LogP contribution < -0.4 is 0 Å². The van der Waals surface area contributed by atoms with E-state index in [1.807, 2.05) is 0 Å². The van der Waals surface area contributed by atoms with E-state index in [1.54, 1.807) is 5.57 Å². The molecule has 0 saturated carbocycles. The van der Waals surface area contributed by atoms with E-state index in [0.29, 0.717) is 0 Å². The largest absolute Gasteiger partial charge is 0.0853 e. The molecule has 1 aliphatic carbocycles. The first-order valence-corrected chi connectivity index (χ1v) is 2.94. The topological polar surface area (TPSA) is 0 Å². The normalized spacial score (nSPS) is 30.6. The van der Waals surface area contributed by atoms with E-state index in [9.17, 15) is 0 Å². The van der Waals surface area contributed by atoms with E-state index < -0.39 is 0 Å². The summed E-state index contributed by atoms with van der Waals surface area (Å²) in [4.78, 5) is 0. The van der Waals surface area contributed by atoms with Gasteiger partial charge in [0.25, 0.3) is 0 Å². The molecular formula is C7H12. The summed E-state index contributed by atoms with van der Waals surface area (Å²) >= 11 is 0. The van der Waals surface area contributed by atoms with Crippen molar-refractivity contribution in [1.82, 2.24) is 0 Å². The Labute approximate surface area is 45.2 Å². The van der Waals surface area contributed by atoms with Gasteiger partial charge < -0.3 is 0 Å². The standard InChI is InChI=1S/C7H12/c1-6-3-4-7(2)5-6/h3,7H,4-5H2,1-2H3/t7-/m1/s1. The van der Waals surface area contributed by atoms with Gasteiger partial charge in [0, 0.05) is 0 Å². The molecule has 0 heterocycles. The third-order valence-electron chi connectivity index (χ3n) is 1.54. The van der Waals surface area contributed by atoms with Gasteiger partial charge in [0.1, 0.15) is 0 Å². The van der Waals surface area contributed by atoms with Crippen molar-refractivity contribution in [1.29, 1.82) is 0 Å². The van der Waals surface area contributed by atoms with E-state index in [1.165, 1.54) is 12.8 Å². The van der Waals surface area contributed by atoms with Gasteiger partial charge in [-0.05, 0) is 25.7 Å². The summed E-state index contributed by atoms with van der Waals surface area (Å²) in [6.07, 6.45) is 4.98. The monoisotopic (exact) mass is 96.1 g/mol. The fourth-order valence-corrected chi connectivity index (χ4v) is 1.12. The van der Waals surface area contributed by atoms with Crippen molar-refractivity contribution >= 4 is 0 Å². The summed E-state index contributed by atoms with van der Waals surface area (Å²) in [5.74, 6) is 0.931. The first kappa shape index (κ1) is 4.89. The third kappa shape index (κ3) is 1.05. The van der Waals surface area contributed by atoms with Crippen LogP contribution in [0.1, 0.15) is 26.7 Å². The Morgan fingerprint density at radius 1 is 1.71 bits per heavy atom. The molecule has 0 N–H and O–H groups in total. The second kappa shape index (κ2) is 1.69. The van der Waals surface area contributed by atoms with E-state index in [2.05, 4.69) is 19.9 Å². The maximum Gasteiger partial charge on any atom is -0.0294 e. The highest BCUT2D eigenvalue weighted by molar-refractivity contribution is 5.05. The fourth-order valence-electron chi connectivity index (χ4n) is 1.12. The summed E-state index contributed by atoms with van der Waals surface area (Å²) in [5.41, 5.74) is 1.58. The minimum Gasteiger partial charge on any atom is -0.0853 e. The molecule has 1 rings (SSSR count). The molecule has 40 valence electrons. The van der Waals surface area contributed by atoms with Gasteiger partial charge >= 0.3 is 0 Å². The minimum absolute atomic E-state index is 0.931. The van der Waals surface area contributed by atoms with Gasteiger partial charge in [-0.15, -0.1) is 0 Å². The lowest BCUT2D eigenvalue weighted by molar-refractivity contribution is 0.628. The second-order valence-electron chi connectivity index (χ2n) is 2.60. The highest BCUT2D eigenvalue weighted by Gasteiger charge is 2.06. The van der Waals surface area contributed by atoms with Crippen molar-refractivity contribution in [3.8, 4) is 0 Å².